The number of benzene rings is 1. The zero-order chi connectivity index (χ0) is 15.7. The molecule has 0 saturated heterocycles. The fraction of sp³-hybridized carbons (Fsp3) is 0.412. The molecule has 1 atom stereocenters. The van der Waals surface area contributed by atoms with E-state index >= 15 is 0 Å². The number of aromatic nitrogens is 1. The van der Waals surface area contributed by atoms with Crippen molar-refractivity contribution in [3.63, 3.8) is 0 Å². The third-order valence-electron chi connectivity index (χ3n) is 3.88. The Hall–Kier alpha value is -2.14. The van der Waals surface area contributed by atoms with Gasteiger partial charge in [-0.25, -0.2) is 4.98 Å². The standard InChI is InChI=1S/C17H20N2O3/c1-11-4-5-15-13(8-11)9-14-10-19(6-7-21-3)17(20)12(2)22-16(14)18-15/h4-5,8-9,12H,6-7,10H2,1-3H3/t12-/m0/s1. The summed E-state index contributed by atoms with van der Waals surface area (Å²) in [6.45, 7) is 5.37. The van der Waals surface area contributed by atoms with Crippen molar-refractivity contribution in [3.05, 3.63) is 35.4 Å². The van der Waals surface area contributed by atoms with Crippen LogP contribution in [-0.4, -0.2) is 42.2 Å². The molecule has 3 rings (SSSR count). The highest BCUT2D eigenvalue weighted by Crippen LogP contribution is 2.28. The van der Waals surface area contributed by atoms with Crippen molar-refractivity contribution in [1.29, 1.82) is 0 Å². The molecular formula is C17H20N2O3. The molecule has 2 heterocycles. The first-order chi connectivity index (χ1) is 10.6. The van der Waals surface area contributed by atoms with E-state index in [1.54, 1.807) is 18.9 Å². The number of fused-ring (bicyclic) bond motifs is 2. The molecule has 0 saturated carbocycles. The van der Waals surface area contributed by atoms with Gasteiger partial charge in [-0.15, -0.1) is 0 Å². The molecule has 116 valence electrons. The van der Waals surface area contributed by atoms with Crippen LogP contribution in [0, 0.1) is 6.92 Å². The van der Waals surface area contributed by atoms with Gasteiger partial charge in [-0.3, -0.25) is 4.79 Å². The van der Waals surface area contributed by atoms with E-state index in [2.05, 4.69) is 24.0 Å². The first kappa shape index (κ1) is 14.8. The van der Waals surface area contributed by atoms with Gasteiger partial charge < -0.3 is 14.4 Å². The topological polar surface area (TPSA) is 51.7 Å². The number of carbonyl (C=O) groups is 1. The number of methoxy groups -OCH3 is 1. The van der Waals surface area contributed by atoms with Crippen LogP contribution in [0.1, 0.15) is 18.1 Å². The summed E-state index contributed by atoms with van der Waals surface area (Å²) in [7, 11) is 1.63. The molecule has 1 aliphatic rings. The van der Waals surface area contributed by atoms with Gasteiger partial charge in [-0.1, -0.05) is 11.6 Å². The number of carbonyl (C=O) groups excluding carboxylic acids is 1. The predicted octanol–water partition coefficient (Wildman–Crippen LogP) is 2.30. The molecule has 0 unspecified atom stereocenters. The molecule has 1 aromatic heterocycles. The number of aryl methyl sites for hydroxylation is 1. The first-order valence-corrected chi connectivity index (χ1v) is 7.43. The van der Waals surface area contributed by atoms with Crippen molar-refractivity contribution in [2.24, 2.45) is 0 Å². The van der Waals surface area contributed by atoms with Gasteiger partial charge in [-0.05, 0) is 32.0 Å². The zero-order valence-corrected chi connectivity index (χ0v) is 13.1. The minimum Gasteiger partial charge on any atom is -0.464 e. The van der Waals surface area contributed by atoms with Crippen LogP contribution in [0.5, 0.6) is 5.88 Å². The quantitative estimate of drug-likeness (QED) is 0.873. The molecule has 5 nitrogen and oxygen atoms in total. The normalized spacial score (nSPS) is 18.0. The van der Waals surface area contributed by atoms with Crippen molar-refractivity contribution >= 4 is 16.8 Å². The van der Waals surface area contributed by atoms with Crippen LogP contribution in [0.4, 0.5) is 0 Å². The molecule has 0 fully saturated rings. The summed E-state index contributed by atoms with van der Waals surface area (Å²) in [5.74, 6) is 0.521. The number of rotatable bonds is 3. The van der Waals surface area contributed by atoms with Crippen molar-refractivity contribution in [3.8, 4) is 5.88 Å². The highest BCUT2D eigenvalue weighted by molar-refractivity contribution is 5.84. The SMILES string of the molecule is COCCN1Cc2cc3cc(C)ccc3nc2O[C@@H](C)C1=O. The number of nitrogens with zero attached hydrogens (tertiary/aromatic N) is 2. The van der Waals surface area contributed by atoms with E-state index in [-0.39, 0.29) is 5.91 Å². The lowest BCUT2D eigenvalue weighted by Gasteiger charge is -2.21. The van der Waals surface area contributed by atoms with Crippen molar-refractivity contribution in [2.45, 2.75) is 26.5 Å². The molecule has 1 amide bonds. The number of pyridine rings is 1. The number of amides is 1. The molecule has 5 heteroatoms. The van der Waals surface area contributed by atoms with E-state index in [1.807, 2.05) is 12.1 Å². The van der Waals surface area contributed by atoms with Gasteiger partial charge in [0, 0.05) is 24.6 Å². The summed E-state index contributed by atoms with van der Waals surface area (Å²) in [5.41, 5.74) is 3.01. The lowest BCUT2D eigenvalue weighted by molar-refractivity contribution is -0.138. The fourth-order valence-corrected chi connectivity index (χ4v) is 2.69. The second kappa shape index (κ2) is 5.93. The Morgan fingerprint density at radius 1 is 1.41 bits per heavy atom. The second-order valence-electron chi connectivity index (χ2n) is 5.66. The molecule has 0 spiro atoms. The molecule has 2 aromatic rings. The summed E-state index contributed by atoms with van der Waals surface area (Å²) in [6.07, 6.45) is -0.534. The average Bonchev–Trinajstić information content (AvgIpc) is 2.61. The Morgan fingerprint density at radius 3 is 3.00 bits per heavy atom. The maximum absolute atomic E-state index is 12.4. The molecule has 0 bridgehead atoms. The molecule has 1 aromatic carbocycles. The molecule has 22 heavy (non-hydrogen) atoms. The Morgan fingerprint density at radius 2 is 2.23 bits per heavy atom. The Labute approximate surface area is 129 Å². The van der Waals surface area contributed by atoms with E-state index in [9.17, 15) is 4.79 Å². The molecule has 1 aliphatic heterocycles. The van der Waals surface area contributed by atoms with Gasteiger partial charge in [0.2, 0.25) is 5.88 Å². The van der Waals surface area contributed by atoms with E-state index in [0.717, 1.165) is 16.5 Å². The maximum atomic E-state index is 12.4. The van der Waals surface area contributed by atoms with Crippen LogP contribution >= 0.6 is 0 Å². The summed E-state index contributed by atoms with van der Waals surface area (Å²) in [4.78, 5) is 18.7. The van der Waals surface area contributed by atoms with Crippen LogP contribution in [0.25, 0.3) is 10.9 Å². The monoisotopic (exact) mass is 300 g/mol. The van der Waals surface area contributed by atoms with Crippen LogP contribution in [0.15, 0.2) is 24.3 Å². The minimum atomic E-state index is -0.534. The largest absolute Gasteiger partial charge is 0.464 e. The number of ether oxygens (including phenoxy) is 2. The van der Waals surface area contributed by atoms with Crippen LogP contribution in [-0.2, 0) is 16.1 Å². The van der Waals surface area contributed by atoms with Gasteiger partial charge in [0.25, 0.3) is 5.91 Å². The van der Waals surface area contributed by atoms with Gasteiger partial charge in [-0.2, -0.15) is 0 Å². The minimum absolute atomic E-state index is 0.0321. The second-order valence-corrected chi connectivity index (χ2v) is 5.66. The average molecular weight is 300 g/mol. The third kappa shape index (κ3) is 2.76. The summed E-state index contributed by atoms with van der Waals surface area (Å²) in [6, 6.07) is 8.17. The van der Waals surface area contributed by atoms with Gasteiger partial charge in [0.05, 0.1) is 18.7 Å². The fourth-order valence-electron chi connectivity index (χ4n) is 2.69. The lowest BCUT2D eigenvalue weighted by atomic mass is 10.1. The van der Waals surface area contributed by atoms with Gasteiger partial charge >= 0.3 is 0 Å². The highest BCUT2D eigenvalue weighted by atomic mass is 16.5. The number of hydrogen-bond acceptors (Lipinski definition) is 4. The highest BCUT2D eigenvalue weighted by Gasteiger charge is 2.28. The van der Waals surface area contributed by atoms with Crippen LogP contribution in [0.2, 0.25) is 0 Å². The third-order valence-corrected chi connectivity index (χ3v) is 3.88. The Kier molecular flexibility index (Phi) is 3.98. The van der Waals surface area contributed by atoms with E-state index in [1.165, 1.54) is 5.56 Å². The number of hydrogen-bond donors (Lipinski definition) is 0. The molecule has 0 N–H and O–H groups in total. The summed E-state index contributed by atoms with van der Waals surface area (Å²) in [5, 5.41) is 1.07. The van der Waals surface area contributed by atoms with Crippen molar-refractivity contribution in [2.75, 3.05) is 20.3 Å². The summed E-state index contributed by atoms with van der Waals surface area (Å²) < 4.78 is 10.9. The van der Waals surface area contributed by atoms with Gasteiger partial charge in [0.1, 0.15) is 0 Å². The Balaban J connectivity index is 2.02. The Bertz CT molecular complexity index is 714. The maximum Gasteiger partial charge on any atom is 0.263 e. The van der Waals surface area contributed by atoms with Crippen LogP contribution < -0.4 is 4.74 Å². The summed E-state index contributed by atoms with van der Waals surface area (Å²) >= 11 is 0. The van der Waals surface area contributed by atoms with Crippen molar-refractivity contribution in [1.82, 2.24) is 9.88 Å². The van der Waals surface area contributed by atoms with E-state index in [4.69, 9.17) is 9.47 Å². The van der Waals surface area contributed by atoms with Gasteiger partial charge in [0.15, 0.2) is 6.10 Å². The predicted molar refractivity (Wildman–Crippen MR) is 83.9 cm³/mol. The van der Waals surface area contributed by atoms with Crippen molar-refractivity contribution < 1.29 is 14.3 Å². The smallest absolute Gasteiger partial charge is 0.263 e. The van der Waals surface area contributed by atoms with E-state index in [0.29, 0.717) is 25.6 Å². The zero-order valence-electron chi connectivity index (χ0n) is 13.1. The first-order valence-electron chi connectivity index (χ1n) is 7.43. The van der Waals surface area contributed by atoms with Crippen LogP contribution in [0.3, 0.4) is 0 Å². The molecule has 0 radical (unpaired) electrons. The molecule has 0 aliphatic carbocycles. The van der Waals surface area contributed by atoms with E-state index < -0.39 is 6.10 Å². The lowest BCUT2D eigenvalue weighted by Crippen LogP contribution is -2.39. The molecular weight excluding hydrogens is 280 g/mol.